The van der Waals surface area contributed by atoms with Gasteiger partial charge in [-0.1, -0.05) is 12.2 Å². The molecule has 0 unspecified atom stereocenters. The van der Waals surface area contributed by atoms with Crippen LogP contribution >= 0.6 is 0 Å². The normalized spacial score (nSPS) is 14.9. The van der Waals surface area contributed by atoms with Crippen LogP contribution in [-0.2, 0) is 7.05 Å². The van der Waals surface area contributed by atoms with Crippen molar-refractivity contribution >= 4 is 5.82 Å². The molecular weight excluding hydrogens is 164 g/mol. The van der Waals surface area contributed by atoms with Gasteiger partial charge < -0.3 is 4.90 Å². The molecule has 2 heterocycles. The summed E-state index contributed by atoms with van der Waals surface area (Å²) in [5.74, 6) is 0.787. The second kappa shape index (κ2) is 2.94. The predicted octanol–water partition coefficient (Wildman–Crippen LogP) is 0.668. The molecule has 0 radical (unpaired) electrons. The smallest absolute Gasteiger partial charge is 0.169 e. The Hall–Kier alpha value is -1.76. The third kappa shape index (κ3) is 1.29. The summed E-state index contributed by atoms with van der Waals surface area (Å²) < 4.78 is 1.67. The van der Waals surface area contributed by atoms with Crippen LogP contribution in [0.25, 0.3) is 0 Å². The molecule has 1 aromatic rings. The average Bonchev–Trinajstić information content (AvgIpc) is 2.71. The monoisotopic (exact) mass is 174 g/mol. The molecule has 0 bridgehead atoms. The number of hydrogen-bond donors (Lipinski definition) is 0. The van der Waals surface area contributed by atoms with Gasteiger partial charge in [-0.3, -0.25) is 4.68 Å². The lowest BCUT2D eigenvalue weighted by molar-refractivity contribution is 0.757. The van der Waals surface area contributed by atoms with Crippen molar-refractivity contribution < 1.29 is 0 Å². The molecule has 4 nitrogen and oxygen atoms in total. The number of anilines is 1. The minimum atomic E-state index is 0.645. The van der Waals surface area contributed by atoms with Gasteiger partial charge in [0.1, 0.15) is 11.6 Å². The number of rotatable bonds is 1. The van der Waals surface area contributed by atoms with E-state index in [-0.39, 0.29) is 0 Å². The van der Waals surface area contributed by atoms with E-state index in [2.05, 4.69) is 28.2 Å². The molecule has 1 aromatic heterocycles. The Kier molecular flexibility index (Phi) is 1.78. The van der Waals surface area contributed by atoms with Crippen LogP contribution in [0.2, 0.25) is 0 Å². The second-order valence-corrected chi connectivity index (χ2v) is 3.03. The molecule has 13 heavy (non-hydrogen) atoms. The van der Waals surface area contributed by atoms with Crippen molar-refractivity contribution in [3.63, 3.8) is 0 Å². The van der Waals surface area contributed by atoms with Gasteiger partial charge in [0.05, 0.1) is 0 Å². The van der Waals surface area contributed by atoms with E-state index >= 15 is 0 Å². The highest BCUT2D eigenvalue weighted by Gasteiger charge is 2.15. The van der Waals surface area contributed by atoms with Gasteiger partial charge in [0.2, 0.25) is 0 Å². The topological polar surface area (TPSA) is 44.9 Å². The number of aryl methyl sites for hydroxylation is 1. The molecule has 0 aromatic carbocycles. The minimum absolute atomic E-state index is 0.645. The van der Waals surface area contributed by atoms with Crippen LogP contribution in [0.4, 0.5) is 5.82 Å². The van der Waals surface area contributed by atoms with Crippen LogP contribution in [-0.4, -0.2) is 22.9 Å². The summed E-state index contributed by atoms with van der Waals surface area (Å²) in [6.07, 6.45) is 5.90. The average molecular weight is 174 g/mol. The second-order valence-electron chi connectivity index (χ2n) is 3.03. The van der Waals surface area contributed by atoms with E-state index in [0.29, 0.717) is 5.56 Å². The number of nitriles is 1. The van der Waals surface area contributed by atoms with Crippen LogP contribution < -0.4 is 4.90 Å². The number of aromatic nitrogens is 2. The third-order valence-corrected chi connectivity index (χ3v) is 2.05. The maximum Gasteiger partial charge on any atom is 0.169 e. The lowest BCUT2D eigenvalue weighted by Gasteiger charge is -2.13. The summed E-state index contributed by atoms with van der Waals surface area (Å²) in [7, 11) is 1.83. The lowest BCUT2D eigenvalue weighted by atomic mass is 10.3. The Morgan fingerprint density at radius 2 is 2.15 bits per heavy atom. The van der Waals surface area contributed by atoms with Gasteiger partial charge in [-0.15, -0.1) is 0 Å². The molecule has 1 aliphatic heterocycles. The van der Waals surface area contributed by atoms with E-state index in [9.17, 15) is 0 Å². The van der Waals surface area contributed by atoms with Crippen LogP contribution in [0, 0.1) is 11.3 Å². The standard InChI is InChI=1S/C9H10N4/c1-12-7-8(6-10)9(11-12)13-4-2-3-5-13/h2-3,7H,4-5H2,1H3. The first-order chi connectivity index (χ1) is 6.31. The summed E-state index contributed by atoms with van der Waals surface area (Å²) in [4.78, 5) is 2.07. The van der Waals surface area contributed by atoms with E-state index in [0.717, 1.165) is 18.9 Å². The van der Waals surface area contributed by atoms with Gasteiger partial charge >= 0.3 is 0 Å². The molecule has 0 saturated carbocycles. The first kappa shape index (κ1) is 7.87. The van der Waals surface area contributed by atoms with Gasteiger partial charge in [0.25, 0.3) is 0 Å². The third-order valence-electron chi connectivity index (χ3n) is 2.05. The molecule has 0 fully saturated rings. The minimum Gasteiger partial charge on any atom is -0.347 e. The molecule has 0 N–H and O–H groups in total. The van der Waals surface area contributed by atoms with E-state index in [1.54, 1.807) is 10.9 Å². The van der Waals surface area contributed by atoms with E-state index in [1.165, 1.54) is 0 Å². The summed E-state index contributed by atoms with van der Waals surface area (Å²) in [5, 5.41) is 13.1. The highest BCUT2D eigenvalue weighted by atomic mass is 15.3. The summed E-state index contributed by atoms with van der Waals surface area (Å²) >= 11 is 0. The fraction of sp³-hybridized carbons (Fsp3) is 0.333. The van der Waals surface area contributed by atoms with Crippen LogP contribution in [0.3, 0.4) is 0 Å². The predicted molar refractivity (Wildman–Crippen MR) is 49.3 cm³/mol. The molecule has 0 spiro atoms. The van der Waals surface area contributed by atoms with E-state index < -0.39 is 0 Å². The first-order valence-electron chi connectivity index (χ1n) is 4.15. The molecular formula is C9H10N4. The van der Waals surface area contributed by atoms with Crippen molar-refractivity contribution in [3.8, 4) is 6.07 Å². The molecule has 1 aliphatic rings. The molecule has 0 atom stereocenters. The molecule has 0 aliphatic carbocycles. The number of nitrogens with zero attached hydrogens (tertiary/aromatic N) is 4. The van der Waals surface area contributed by atoms with Crippen LogP contribution in [0.1, 0.15) is 5.56 Å². The van der Waals surface area contributed by atoms with E-state index in [4.69, 9.17) is 5.26 Å². The first-order valence-corrected chi connectivity index (χ1v) is 4.15. The quantitative estimate of drug-likeness (QED) is 0.588. The Balaban J connectivity index is 2.34. The Labute approximate surface area is 76.7 Å². The number of hydrogen-bond acceptors (Lipinski definition) is 3. The Morgan fingerprint density at radius 3 is 2.77 bits per heavy atom. The highest BCUT2D eigenvalue weighted by Crippen LogP contribution is 2.18. The maximum absolute atomic E-state index is 8.84. The van der Waals surface area contributed by atoms with Crippen molar-refractivity contribution in [2.45, 2.75) is 0 Å². The fourth-order valence-electron chi connectivity index (χ4n) is 1.44. The fourth-order valence-corrected chi connectivity index (χ4v) is 1.44. The SMILES string of the molecule is Cn1cc(C#N)c(N2CC=CC2)n1. The van der Waals surface area contributed by atoms with Crippen molar-refractivity contribution in [3.05, 3.63) is 23.9 Å². The van der Waals surface area contributed by atoms with E-state index in [1.807, 2.05) is 7.05 Å². The molecule has 4 heteroatoms. The van der Waals surface area contributed by atoms with Crippen molar-refractivity contribution in [1.29, 1.82) is 5.26 Å². The van der Waals surface area contributed by atoms with Gasteiger partial charge in [0, 0.05) is 26.3 Å². The largest absolute Gasteiger partial charge is 0.347 e. The van der Waals surface area contributed by atoms with Crippen LogP contribution in [0.15, 0.2) is 18.3 Å². The molecule has 66 valence electrons. The maximum atomic E-state index is 8.84. The molecule has 2 rings (SSSR count). The molecule has 0 amide bonds. The van der Waals surface area contributed by atoms with Gasteiger partial charge in [0.15, 0.2) is 5.82 Å². The zero-order valence-corrected chi connectivity index (χ0v) is 7.44. The molecule has 0 saturated heterocycles. The zero-order valence-electron chi connectivity index (χ0n) is 7.44. The lowest BCUT2D eigenvalue weighted by Crippen LogP contribution is -2.20. The zero-order chi connectivity index (χ0) is 9.26. The van der Waals surface area contributed by atoms with Gasteiger partial charge in [-0.2, -0.15) is 10.4 Å². The Bertz CT molecular complexity index is 375. The summed E-state index contributed by atoms with van der Waals surface area (Å²) in [6, 6.07) is 2.14. The summed E-state index contributed by atoms with van der Waals surface area (Å²) in [6.45, 7) is 1.71. The highest BCUT2D eigenvalue weighted by molar-refractivity contribution is 5.54. The van der Waals surface area contributed by atoms with Gasteiger partial charge in [-0.05, 0) is 0 Å². The Morgan fingerprint density at radius 1 is 1.46 bits per heavy atom. The van der Waals surface area contributed by atoms with Crippen LogP contribution in [0.5, 0.6) is 0 Å². The van der Waals surface area contributed by atoms with Gasteiger partial charge in [-0.25, -0.2) is 0 Å². The van der Waals surface area contributed by atoms with Crippen molar-refractivity contribution in [2.24, 2.45) is 7.05 Å². The summed E-state index contributed by atoms with van der Waals surface area (Å²) in [5.41, 5.74) is 0.645. The van der Waals surface area contributed by atoms with Crippen molar-refractivity contribution in [1.82, 2.24) is 9.78 Å². The van der Waals surface area contributed by atoms with Crippen molar-refractivity contribution in [2.75, 3.05) is 18.0 Å².